The molecular weight excluding hydrogens is 333 g/mol. The number of anilines is 1. The van der Waals surface area contributed by atoms with Crippen molar-refractivity contribution in [2.45, 2.75) is 0 Å². The van der Waals surface area contributed by atoms with Crippen molar-refractivity contribution in [3.8, 4) is 0 Å². The molecule has 1 aliphatic heterocycles. The Hall–Kier alpha value is -1.87. The summed E-state index contributed by atoms with van der Waals surface area (Å²) in [5, 5.41) is 0. The van der Waals surface area contributed by atoms with E-state index in [-0.39, 0.29) is 18.1 Å². The van der Waals surface area contributed by atoms with Crippen molar-refractivity contribution >= 4 is 21.7 Å². The highest BCUT2D eigenvalue weighted by Gasteiger charge is 2.19. The number of benzene rings is 1. The largest absolute Gasteiger partial charge is 0.370 e. The van der Waals surface area contributed by atoms with Gasteiger partial charge in [0.15, 0.2) is 5.96 Å². The van der Waals surface area contributed by atoms with Crippen molar-refractivity contribution in [1.29, 1.82) is 0 Å². The predicted octanol–water partition coefficient (Wildman–Crippen LogP) is 0.154. The van der Waals surface area contributed by atoms with Crippen LogP contribution in [0.4, 0.5) is 10.1 Å². The molecule has 1 fully saturated rings. The minimum absolute atomic E-state index is 0.0593. The molecule has 0 atom stereocenters. The molecule has 2 rings (SSSR count). The lowest BCUT2D eigenvalue weighted by Crippen LogP contribution is -2.51. The molecule has 9 heteroatoms. The number of nitrogens with zero attached hydrogens (tertiary/aromatic N) is 4. The van der Waals surface area contributed by atoms with Crippen LogP contribution in [0.3, 0.4) is 0 Å². The SMILES string of the molecule is CN(C)S(=O)(=O)CCN=C(N)N1CCN(c2ccc(F)cc2)CC1. The number of hydrogen-bond acceptors (Lipinski definition) is 4. The fourth-order valence-corrected chi connectivity index (χ4v) is 3.09. The molecule has 0 aromatic heterocycles. The lowest BCUT2D eigenvalue weighted by Gasteiger charge is -2.36. The van der Waals surface area contributed by atoms with Crippen LogP contribution >= 0.6 is 0 Å². The molecule has 1 aromatic rings. The number of nitrogens with two attached hydrogens (primary N) is 1. The molecule has 2 N–H and O–H groups in total. The Bertz CT molecular complexity index is 668. The van der Waals surface area contributed by atoms with Crippen LogP contribution in [0.15, 0.2) is 29.3 Å². The molecule has 0 aliphatic carbocycles. The normalized spacial score (nSPS) is 16.8. The molecule has 1 aliphatic rings. The molecule has 7 nitrogen and oxygen atoms in total. The molecule has 0 spiro atoms. The first kappa shape index (κ1) is 18.5. The smallest absolute Gasteiger partial charge is 0.215 e. The maximum Gasteiger partial charge on any atom is 0.215 e. The summed E-state index contributed by atoms with van der Waals surface area (Å²) in [5.41, 5.74) is 6.93. The monoisotopic (exact) mass is 357 g/mol. The van der Waals surface area contributed by atoms with E-state index in [1.54, 1.807) is 12.1 Å². The van der Waals surface area contributed by atoms with Gasteiger partial charge in [0.1, 0.15) is 5.82 Å². The van der Waals surface area contributed by atoms with Gasteiger partial charge in [0.05, 0.1) is 12.3 Å². The van der Waals surface area contributed by atoms with Crippen LogP contribution in [0.5, 0.6) is 0 Å². The number of guanidine groups is 1. The summed E-state index contributed by atoms with van der Waals surface area (Å²) >= 11 is 0. The van der Waals surface area contributed by atoms with Gasteiger partial charge in [-0.25, -0.2) is 17.1 Å². The van der Waals surface area contributed by atoms with Crippen LogP contribution in [0.2, 0.25) is 0 Å². The molecule has 0 saturated carbocycles. The van der Waals surface area contributed by atoms with Crippen molar-refractivity contribution in [2.24, 2.45) is 10.7 Å². The second-order valence-corrected chi connectivity index (χ2v) is 8.09. The fourth-order valence-electron chi connectivity index (χ4n) is 2.40. The van der Waals surface area contributed by atoms with Gasteiger partial charge in [-0.1, -0.05) is 0 Å². The summed E-state index contributed by atoms with van der Waals surface area (Å²) in [7, 11) is -0.265. The highest BCUT2D eigenvalue weighted by atomic mass is 32.2. The van der Waals surface area contributed by atoms with Crippen LogP contribution in [0.25, 0.3) is 0 Å². The minimum Gasteiger partial charge on any atom is -0.370 e. The number of rotatable bonds is 5. The number of aliphatic imine (C=N–C) groups is 1. The van der Waals surface area contributed by atoms with E-state index >= 15 is 0 Å². The van der Waals surface area contributed by atoms with E-state index in [4.69, 9.17) is 5.73 Å². The number of halogens is 1. The standard InChI is InChI=1S/C15H24FN5O2S/c1-19(2)24(22,23)12-7-18-15(17)21-10-8-20(9-11-21)14-5-3-13(16)4-6-14/h3-6H,7-12H2,1-2H3,(H2,17,18). The summed E-state index contributed by atoms with van der Waals surface area (Å²) in [6.45, 7) is 3.01. The summed E-state index contributed by atoms with van der Waals surface area (Å²) in [6.07, 6.45) is 0. The van der Waals surface area contributed by atoms with Crippen molar-refractivity contribution in [3.63, 3.8) is 0 Å². The Kier molecular flexibility index (Phi) is 6.00. The number of hydrogen-bond donors (Lipinski definition) is 1. The third-order valence-corrected chi connectivity index (χ3v) is 5.79. The molecule has 0 radical (unpaired) electrons. The van der Waals surface area contributed by atoms with E-state index in [1.807, 2.05) is 4.90 Å². The van der Waals surface area contributed by atoms with Crippen LogP contribution in [-0.4, -0.2) is 76.2 Å². The lowest BCUT2D eigenvalue weighted by molar-refractivity contribution is 0.381. The summed E-state index contributed by atoms with van der Waals surface area (Å²) in [5.74, 6) is 0.0557. The Morgan fingerprint density at radius 3 is 2.33 bits per heavy atom. The van der Waals surface area contributed by atoms with Gasteiger partial charge in [0.2, 0.25) is 10.0 Å². The zero-order chi connectivity index (χ0) is 17.7. The van der Waals surface area contributed by atoms with Crippen LogP contribution in [0, 0.1) is 5.82 Å². The molecule has 0 amide bonds. The topological polar surface area (TPSA) is 82.2 Å². The first-order valence-corrected chi connectivity index (χ1v) is 9.36. The van der Waals surface area contributed by atoms with Gasteiger partial charge in [-0.15, -0.1) is 0 Å². The van der Waals surface area contributed by atoms with Crippen molar-refractivity contribution in [1.82, 2.24) is 9.21 Å². The van der Waals surface area contributed by atoms with E-state index in [9.17, 15) is 12.8 Å². The fraction of sp³-hybridized carbons (Fsp3) is 0.533. The zero-order valence-electron chi connectivity index (χ0n) is 14.0. The zero-order valence-corrected chi connectivity index (χ0v) is 14.8. The number of piperazine rings is 1. The van der Waals surface area contributed by atoms with E-state index in [0.29, 0.717) is 19.0 Å². The van der Waals surface area contributed by atoms with Gasteiger partial charge in [-0.3, -0.25) is 4.99 Å². The first-order valence-electron chi connectivity index (χ1n) is 7.75. The third-order valence-electron chi connectivity index (χ3n) is 3.97. The molecule has 24 heavy (non-hydrogen) atoms. The van der Waals surface area contributed by atoms with Crippen LogP contribution in [-0.2, 0) is 10.0 Å². The van der Waals surface area contributed by atoms with Crippen molar-refractivity contribution < 1.29 is 12.8 Å². The maximum absolute atomic E-state index is 13.0. The molecule has 1 heterocycles. The molecule has 0 unspecified atom stereocenters. The minimum atomic E-state index is -3.26. The highest BCUT2D eigenvalue weighted by Crippen LogP contribution is 2.16. The second-order valence-electron chi connectivity index (χ2n) is 5.79. The quantitative estimate of drug-likeness (QED) is 0.599. The molecule has 1 aromatic carbocycles. The average Bonchev–Trinajstić information content (AvgIpc) is 2.55. The summed E-state index contributed by atoms with van der Waals surface area (Å²) in [6, 6.07) is 6.41. The first-order chi connectivity index (χ1) is 11.3. The van der Waals surface area contributed by atoms with E-state index in [1.165, 1.54) is 30.5 Å². The van der Waals surface area contributed by atoms with Gasteiger partial charge >= 0.3 is 0 Å². The third kappa shape index (κ3) is 4.81. The Morgan fingerprint density at radius 2 is 1.79 bits per heavy atom. The molecular formula is C15H24FN5O2S. The predicted molar refractivity (Wildman–Crippen MR) is 94.1 cm³/mol. The molecule has 134 valence electrons. The Balaban J connectivity index is 1.85. The summed E-state index contributed by atoms with van der Waals surface area (Å²) < 4.78 is 37.5. The highest BCUT2D eigenvalue weighted by molar-refractivity contribution is 7.89. The van der Waals surface area contributed by atoms with Crippen molar-refractivity contribution in [2.75, 3.05) is 57.5 Å². The van der Waals surface area contributed by atoms with Crippen molar-refractivity contribution in [3.05, 3.63) is 30.1 Å². The maximum atomic E-state index is 13.0. The van der Waals surface area contributed by atoms with Gasteiger partial charge < -0.3 is 15.5 Å². The molecule has 0 bridgehead atoms. The van der Waals surface area contributed by atoms with Gasteiger partial charge in [0.25, 0.3) is 0 Å². The molecule has 1 saturated heterocycles. The van der Waals surface area contributed by atoms with E-state index in [2.05, 4.69) is 9.89 Å². The van der Waals surface area contributed by atoms with E-state index in [0.717, 1.165) is 18.8 Å². The Labute approximate surface area is 142 Å². The van der Waals surface area contributed by atoms with Gasteiger partial charge in [-0.2, -0.15) is 0 Å². The van der Waals surface area contributed by atoms with Gasteiger partial charge in [0, 0.05) is 46.0 Å². The van der Waals surface area contributed by atoms with E-state index < -0.39 is 10.0 Å². The van der Waals surface area contributed by atoms with Crippen LogP contribution in [0.1, 0.15) is 0 Å². The second kappa shape index (κ2) is 7.80. The average molecular weight is 357 g/mol. The Morgan fingerprint density at radius 1 is 1.21 bits per heavy atom. The van der Waals surface area contributed by atoms with Crippen LogP contribution < -0.4 is 10.6 Å². The lowest BCUT2D eigenvalue weighted by atomic mass is 10.2. The summed E-state index contributed by atoms with van der Waals surface area (Å²) in [4.78, 5) is 8.26. The van der Waals surface area contributed by atoms with Gasteiger partial charge in [-0.05, 0) is 24.3 Å². The number of sulfonamides is 1.